The number of nitrogens with one attached hydrogen (secondary N) is 1. The first-order valence-electron chi connectivity index (χ1n) is 6.95. The van der Waals surface area contributed by atoms with Crippen LogP contribution in [0.1, 0.15) is 27.7 Å². The summed E-state index contributed by atoms with van der Waals surface area (Å²) in [6, 6.07) is 5.77. The number of H-pyrrole nitrogens is 1. The number of imidazole rings is 1. The van der Waals surface area contributed by atoms with Crippen molar-refractivity contribution in [1.82, 2.24) is 9.97 Å². The van der Waals surface area contributed by atoms with Crippen molar-refractivity contribution in [2.75, 3.05) is 0 Å². The SMILES string of the molecule is CC1(C)OB(c2ccc(-c3ncc[nH]3)c(Cl)c2)OC1(C)C. The molecule has 1 N–H and O–H groups in total. The van der Waals surface area contributed by atoms with Crippen LogP contribution in [0, 0.1) is 0 Å². The summed E-state index contributed by atoms with van der Waals surface area (Å²) in [6.07, 6.45) is 3.47. The zero-order chi connectivity index (χ0) is 15.3. The Kier molecular flexibility index (Phi) is 3.39. The Balaban J connectivity index is 1.90. The molecule has 2 heterocycles. The molecule has 0 amide bonds. The minimum atomic E-state index is -0.404. The smallest absolute Gasteiger partial charge is 0.399 e. The van der Waals surface area contributed by atoms with Crippen molar-refractivity contribution < 1.29 is 9.31 Å². The fraction of sp³-hybridized carbons (Fsp3) is 0.400. The van der Waals surface area contributed by atoms with Gasteiger partial charge in [-0.25, -0.2) is 4.98 Å². The second kappa shape index (κ2) is 4.87. The summed E-state index contributed by atoms with van der Waals surface area (Å²) in [5.74, 6) is 0.750. The first-order chi connectivity index (χ1) is 9.80. The molecule has 110 valence electrons. The van der Waals surface area contributed by atoms with Crippen LogP contribution in [-0.4, -0.2) is 28.3 Å². The van der Waals surface area contributed by atoms with E-state index in [0.717, 1.165) is 16.9 Å². The summed E-state index contributed by atoms with van der Waals surface area (Å²) >= 11 is 6.37. The van der Waals surface area contributed by atoms with Crippen LogP contribution < -0.4 is 5.46 Å². The summed E-state index contributed by atoms with van der Waals surface area (Å²) in [4.78, 5) is 7.27. The maximum Gasteiger partial charge on any atom is 0.494 e. The molecule has 0 bridgehead atoms. The molecule has 1 fully saturated rings. The van der Waals surface area contributed by atoms with E-state index in [1.165, 1.54) is 0 Å². The Morgan fingerprint density at radius 1 is 1.14 bits per heavy atom. The number of rotatable bonds is 2. The molecular weight excluding hydrogens is 286 g/mol. The lowest BCUT2D eigenvalue weighted by atomic mass is 9.79. The third-order valence-electron chi connectivity index (χ3n) is 4.27. The van der Waals surface area contributed by atoms with Gasteiger partial charge in [0.2, 0.25) is 0 Å². The third-order valence-corrected chi connectivity index (χ3v) is 4.58. The van der Waals surface area contributed by atoms with Crippen LogP contribution in [0.4, 0.5) is 0 Å². The molecule has 21 heavy (non-hydrogen) atoms. The van der Waals surface area contributed by atoms with Crippen LogP contribution in [-0.2, 0) is 9.31 Å². The number of benzene rings is 1. The molecule has 0 unspecified atom stereocenters. The lowest BCUT2D eigenvalue weighted by molar-refractivity contribution is 0.00578. The van der Waals surface area contributed by atoms with Crippen molar-refractivity contribution in [2.24, 2.45) is 0 Å². The quantitative estimate of drug-likeness (QED) is 0.868. The highest BCUT2D eigenvalue weighted by Crippen LogP contribution is 2.37. The maximum absolute atomic E-state index is 6.37. The van der Waals surface area contributed by atoms with E-state index < -0.39 is 7.12 Å². The molecule has 1 aromatic carbocycles. The zero-order valence-electron chi connectivity index (χ0n) is 12.6. The second-order valence-corrected chi connectivity index (χ2v) is 6.67. The predicted octanol–water partition coefficient (Wildman–Crippen LogP) is 3.03. The van der Waals surface area contributed by atoms with Crippen molar-refractivity contribution in [3.63, 3.8) is 0 Å². The molecule has 0 atom stereocenters. The Hall–Kier alpha value is -1.30. The molecule has 1 aromatic heterocycles. The van der Waals surface area contributed by atoms with Gasteiger partial charge in [0.15, 0.2) is 0 Å². The van der Waals surface area contributed by atoms with Crippen molar-refractivity contribution >= 4 is 24.2 Å². The van der Waals surface area contributed by atoms with Crippen LogP contribution in [0.5, 0.6) is 0 Å². The minimum absolute atomic E-state index is 0.357. The Labute approximate surface area is 130 Å². The van der Waals surface area contributed by atoms with E-state index in [9.17, 15) is 0 Å². The summed E-state index contributed by atoms with van der Waals surface area (Å²) in [6.45, 7) is 8.13. The molecule has 6 heteroatoms. The van der Waals surface area contributed by atoms with Gasteiger partial charge in [-0.3, -0.25) is 0 Å². The number of hydrogen-bond acceptors (Lipinski definition) is 3. The number of halogens is 1. The molecular formula is C15H18BClN2O2. The van der Waals surface area contributed by atoms with E-state index >= 15 is 0 Å². The van der Waals surface area contributed by atoms with E-state index in [-0.39, 0.29) is 11.2 Å². The maximum atomic E-state index is 6.37. The van der Waals surface area contributed by atoms with E-state index in [0.29, 0.717) is 5.02 Å². The van der Waals surface area contributed by atoms with E-state index in [4.69, 9.17) is 20.9 Å². The molecule has 3 rings (SSSR count). The van der Waals surface area contributed by atoms with E-state index in [2.05, 4.69) is 9.97 Å². The van der Waals surface area contributed by atoms with Gasteiger partial charge < -0.3 is 14.3 Å². The molecule has 4 nitrogen and oxygen atoms in total. The van der Waals surface area contributed by atoms with Crippen molar-refractivity contribution in [1.29, 1.82) is 0 Å². The van der Waals surface area contributed by atoms with Gasteiger partial charge in [-0.15, -0.1) is 0 Å². The monoisotopic (exact) mass is 304 g/mol. The number of hydrogen-bond donors (Lipinski definition) is 1. The first kappa shape index (κ1) is 14.6. The lowest BCUT2D eigenvalue weighted by Crippen LogP contribution is -2.41. The summed E-state index contributed by atoms with van der Waals surface area (Å²) in [7, 11) is -0.404. The highest BCUT2D eigenvalue weighted by molar-refractivity contribution is 6.62. The highest BCUT2D eigenvalue weighted by atomic mass is 35.5. The van der Waals surface area contributed by atoms with Gasteiger partial charge in [-0.1, -0.05) is 23.7 Å². The molecule has 1 saturated heterocycles. The van der Waals surface area contributed by atoms with Gasteiger partial charge in [0.1, 0.15) is 5.82 Å². The Bertz CT molecular complexity index is 640. The van der Waals surface area contributed by atoms with Crippen LogP contribution >= 0.6 is 11.6 Å². The van der Waals surface area contributed by atoms with Crippen molar-refractivity contribution in [2.45, 2.75) is 38.9 Å². The normalized spacial score (nSPS) is 20.0. The molecule has 1 aliphatic heterocycles. The second-order valence-electron chi connectivity index (χ2n) is 6.27. The molecule has 2 aromatic rings. The predicted molar refractivity (Wildman–Crippen MR) is 84.7 cm³/mol. The third kappa shape index (κ3) is 2.50. The van der Waals surface area contributed by atoms with E-state index in [1.807, 2.05) is 45.9 Å². The van der Waals surface area contributed by atoms with E-state index in [1.54, 1.807) is 12.4 Å². The van der Waals surface area contributed by atoms with Crippen molar-refractivity contribution in [3.05, 3.63) is 35.6 Å². The van der Waals surface area contributed by atoms with Gasteiger partial charge in [0.25, 0.3) is 0 Å². The van der Waals surface area contributed by atoms with Crippen LogP contribution in [0.25, 0.3) is 11.4 Å². The number of nitrogens with zero attached hydrogens (tertiary/aromatic N) is 1. The minimum Gasteiger partial charge on any atom is -0.399 e. The van der Waals surface area contributed by atoms with Gasteiger partial charge in [0.05, 0.1) is 16.2 Å². The summed E-state index contributed by atoms with van der Waals surface area (Å²) in [5.41, 5.74) is 1.06. The molecule has 0 aliphatic carbocycles. The molecule has 1 aliphatic rings. The average molecular weight is 305 g/mol. The zero-order valence-corrected chi connectivity index (χ0v) is 13.4. The van der Waals surface area contributed by atoms with Gasteiger partial charge in [-0.05, 0) is 39.2 Å². The van der Waals surface area contributed by atoms with Gasteiger partial charge in [-0.2, -0.15) is 0 Å². The molecule has 0 saturated carbocycles. The van der Waals surface area contributed by atoms with Crippen LogP contribution in [0.15, 0.2) is 30.6 Å². The first-order valence-corrected chi connectivity index (χ1v) is 7.33. The summed E-state index contributed by atoms with van der Waals surface area (Å²) < 4.78 is 12.1. The van der Waals surface area contributed by atoms with Crippen molar-refractivity contribution in [3.8, 4) is 11.4 Å². The fourth-order valence-corrected chi connectivity index (χ4v) is 2.54. The largest absolute Gasteiger partial charge is 0.494 e. The number of aromatic nitrogens is 2. The summed E-state index contributed by atoms with van der Waals surface area (Å²) in [5, 5.41) is 0.622. The molecule has 0 radical (unpaired) electrons. The lowest BCUT2D eigenvalue weighted by Gasteiger charge is -2.32. The standard InChI is InChI=1S/C15H18BClN2O2/c1-14(2)15(3,4)21-16(20-14)10-5-6-11(12(17)9-10)13-18-7-8-19-13/h5-9H,1-4H3,(H,18,19). The Morgan fingerprint density at radius 3 is 2.33 bits per heavy atom. The van der Waals surface area contributed by atoms with Gasteiger partial charge >= 0.3 is 7.12 Å². The number of aromatic amines is 1. The van der Waals surface area contributed by atoms with Gasteiger partial charge in [0, 0.05) is 18.0 Å². The fourth-order valence-electron chi connectivity index (χ4n) is 2.26. The molecule has 0 spiro atoms. The highest BCUT2D eigenvalue weighted by Gasteiger charge is 2.51. The van der Waals surface area contributed by atoms with Crippen LogP contribution in [0.2, 0.25) is 5.02 Å². The average Bonchev–Trinajstić information content (AvgIpc) is 2.96. The Morgan fingerprint density at radius 2 is 1.81 bits per heavy atom. The topological polar surface area (TPSA) is 47.1 Å². The van der Waals surface area contributed by atoms with Crippen LogP contribution in [0.3, 0.4) is 0 Å².